The van der Waals surface area contributed by atoms with Gasteiger partial charge in [0.2, 0.25) is 5.91 Å². The number of aromatic nitrogens is 3. The predicted molar refractivity (Wildman–Crippen MR) is 93.0 cm³/mol. The van der Waals surface area contributed by atoms with Gasteiger partial charge in [-0.3, -0.25) is 4.79 Å². The van der Waals surface area contributed by atoms with Crippen LogP contribution in [0.25, 0.3) is 5.69 Å². The molecule has 2 heterocycles. The summed E-state index contributed by atoms with van der Waals surface area (Å²) in [7, 11) is 0. The van der Waals surface area contributed by atoms with Crippen molar-refractivity contribution in [3.05, 3.63) is 41.5 Å². The highest BCUT2D eigenvalue weighted by molar-refractivity contribution is 5.75. The lowest BCUT2D eigenvalue weighted by atomic mass is 10.2. The average Bonchev–Trinajstić information content (AvgIpc) is 2.96. The van der Waals surface area contributed by atoms with Crippen LogP contribution in [0.15, 0.2) is 29.8 Å². The third-order valence-corrected chi connectivity index (χ3v) is 3.74. The molecule has 7 heteroatoms. The minimum atomic E-state index is -0.449. The number of rotatable bonds is 6. The van der Waals surface area contributed by atoms with Crippen molar-refractivity contribution in [3.8, 4) is 17.2 Å². The van der Waals surface area contributed by atoms with E-state index in [1.165, 1.54) is 5.57 Å². The lowest BCUT2D eigenvalue weighted by Gasteiger charge is -2.19. The molecule has 0 radical (unpaired) electrons. The van der Waals surface area contributed by atoms with Gasteiger partial charge in [0, 0.05) is 12.5 Å². The number of nitrogens with two attached hydrogens (primary N) is 1. The van der Waals surface area contributed by atoms with Crippen molar-refractivity contribution in [2.24, 2.45) is 5.73 Å². The first-order chi connectivity index (χ1) is 12.0. The number of hydrogen-bond donors (Lipinski definition) is 1. The summed E-state index contributed by atoms with van der Waals surface area (Å²) >= 11 is 0. The zero-order valence-electron chi connectivity index (χ0n) is 14.5. The highest BCUT2D eigenvalue weighted by Crippen LogP contribution is 2.32. The summed E-state index contributed by atoms with van der Waals surface area (Å²) < 4.78 is 12.9. The summed E-state index contributed by atoms with van der Waals surface area (Å²) in [5.41, 5.74) is 7.35. The van der Waals surface area contributed by atoms with E-state index < -0.39 is 5.91 Å². The van der Waals surface area contributed by atoms with Crippen molar-refractivity contribution in [3.63, 3.8) is 0 Å². The number of carbonyl (C=O) groups excluding carboxylic acids is 1. The molecular formula is C18H22N4O3. The molecule has 0 spiro atoms. The number of benzene rings is 1. The molecule has 1 aliphatic rings. The predicted octanol–water partition coefficient (Wildman–Crippen LogP) is 1.97. The molecule has 2 aromatic rings. The molecule has 2 N–H and O–H groups in total. The van der Waals surface area contributed by atoms with Crippen molar-refractivity contribution in [2.45, 2.75) is 33.1 Å². The fourth-order valence-corrected chi connectivity index (χ4v) is 2.64. The van der Waals surface area contributed by atoms with Gasteiger partial charge >= 0.3 is 0 Å². The Morgan fingerprint density at radius 3 is 2.76 bits per heavy atom. The Labute approximate surface area is 146 Å². The second-order valence-electron chi connectivity index (χ2n) is 6.15. The molecule has 0 bridgehead atoms. The van der Waals surface area contributed by atoms with Crippen LogP contribution in [-0.4, -0.2) is 33.9 Å². The Morgan fingerprint density at radius 2 is 2.04 bits per heavy atom. The molecule has 0 unspecified atom stereocenters. The third-order valence-electron chi connectivity index (χ3n) is 3.74. The van der Waals surface area contributed by atoms with Gasteiger partial charge in [0.15, 0.2) is 17.3 Å². The Balaban J connectivity index is 1.93. The smallest absolute Gasteiger partial charge is 0.225 e. The number of amides is 1. The molecule has 1 amide bonds. The molecule has 7 nitrogen and oxygen atoms in total. The number of aryl methyl sites for hydroxylation is 1. The monoisotopic (exact) mass is 342 g/mol. The van der Waals surface area contributed by atoms with Crippen LogP contribution < -0.4 is 15.2 Å². The molecule has 3 rings (SSSR count). The second-order valence-corrected chi connectivity index (χ2v) is 6.15. The number of carbonyl (C=O) groups is 1. The SMILES string of the molecule is CC(C)=CCCc1nc(CC(N)=O)nn1-c1ccc2c(c1)OCCO2. The quantitative estimate of drug-likeness (QED) is 0.810. The van der Waals surface area contributed by atoms with Crippen molar-refractivity contribution in [1.29, 1.82) is 0 Å². The number of primary amides is 1. The van der Waals surface area contributed by atoms with E-state index >= 15 is 0 Å². The molecule has 0 atom stereocenters. The number of ether oxygens (including phenoxy) is 2. The van der Waals surface area contributed by atoms with Crippen molar-refractivity contribution in [2.75, 3.05) is 13.2 Å². The molecule has 1 aliphatic heterocycles. The fourth-order valence-electron chi connectivity index (χ4n) is 2.64. The zero-order valence-corrected chi connectivity index (χ0v) is 14.5. The molecule has 0 aliphatic carbocycles. The summed E-state index contributed by atoms with van der Waals surface area (Å²) in [5.74, 6) is 2.17. The maximum atomic E-state index is 11.2. The van der Waals surface area contributed by atoms with Gasteiger partial charge in [0.25, 0.3) is 0 Å². The maximum absolute atomic E-state index is 11.2. The molecule has 0 fully saturated rings. The van der Waals surface area contributed by atoms with Gasteiger partial charge in [0.1, 0.15) is 19.0 Å². The van der Waals surface area contributed by atoms with E-state index in [1.54, 1.807) is 4.68 Å². The third kappa shape index (κ3) is 4.17. The number of allylic oxidation sites excluding steroid dienone is 2. The van der Waals surface area contributed by atoms with Crippen molar-refractivity contribution in [1.82, 2.24) is 14.8 Å². The van der Waals surface area contributed by atoms with Crippen LogP contribution in [0.1, 0.15) is 31.9 Å². The van der Waals surface area contributed by atoms with Gasteiger partial charge in [-0.15, -0.1) is 0 Å². The lowest BCUT2D eigenvalue weighted by Crippen LogP contribution is -2.16. The van der Waals surface area contributed by atoms with Gasteiger partial charge in [-0.1, -0.05) is 11.6 Å². The van der Waals surface area contributed by atoms with Gasteiger partial charge in [-0.25, -0.2) is 9.67 Å². The first kappa shape index (κ1) is 17.0. The molecule has 132 valence electrons. The van der Waals surface area contributed by atoms with E-state index in [-0.39, 0.29) is 6.42 Å². The number of fused-ring (bicyclic) bond motifs is 1. The number of hydrogen-bond acceptors (Lipinski definition) is 5. The van der Waals surface area contributed by atoms with E-state index in [0.717, 1.165) is 23.7 Å². The highest BCUT2D eigenvalue weighted by atomic mass is 16.6. The van der Waals surface area contributed by atoms with Crippen LogP contribution in [0.4, 0.5) is 0 Å². The Kier molecular flexibility index (Phi) is 5.02. The van der Waals surface area contributed by atoms with E-state index in [0.29, 0.717) is 31.2 Å². The molecule has 1 aromatic heterocycles. The Bertz CT molecular complexity index is 807. The zero-order chi connectivity index (χ0) is 17.8. The minimum Gasteiger partial charge on any atom is -0.486 e. The van der Waals surface area contributed by atoms with Crippen LogP contribution in [-0.2, 0) is 17.6 Å². The van der Waals surface area contributed by atoms with Crippen molar-refractivity contribution < 1.29 is 14.3 Å². The summed E-state index contributed by atoms with van der Waals surface area (Å²) in [6.07, 6.45) is 3.73. The topological polar surface area (TPSA) is 92.3 Å². The molecular weight excluding hydrogens is 320 g/mol. The van der Waals surface area contributed by atoms with Gasteiger partial charge in [0.05, 0.1) is 12.1 Å². The summed E-state index contributed by atoms with van der Waals surface area (Å²) in [4.78, 5) is 15.7. The van der Waals surface area contributed by atoms with Gasteiger partial charge < -0.3 is 15.2 Å². The molecule has 0 saturated carbocycles. The van der Waals surface area contributed by atoms with Crippen molar-refractivity contribution >= 4 is 5.91 Å². The van der Waals surface area contributed by atoms with Crippen LogP contribution >= 0.6 is 0 Å². The normalized spacial score (nSPS) is 12.7. The molecule has 0 saturated heterocycles. The van der Waals surface area contributed by atoms with E-state index in [1.807, 2.05) is 18.2 Å². The highest BCUT2D eigenvalue weighted by Gasteiger charge is 2.17. The number of nitrogens with zero attached hydrogens (tertiary/aromatic N) is 3. The molecule has 1 aromatic carbocycles. The fraction of sp³-hybridized carbons (Fsp3) is 0.389. The average molecular weight is 342 g/mol. The first-order valence-electron chi connectivity index (χ1n) is 8.29. The van der Waals surface area contributed by atoms with Crippen LogP contribution in [0.3, 0.4) is 0 Å². The Hall–Kier alpha value is -2.83. The first-order valence-corrected chi connectivity index (χ1v) is 8.29. The standard InChI is InChI=1S/C18H22N4O3/c1-12(2)4-3-5-18-20-17(11-16(19)23)21-22(18)13-6-7-14-15(10-13)25-9-8-24-14/h4,6-7,10H,3,5,8-9,11H2,1-2H3,(H2,19,23). The lowest BCUT2D eigenvalue weighted by molar-refractivity contribution is -0.117. The van der Waals surface area contributed by atoms with E-state index in [4.69, 9.17) is 15.2 Å². The second kappa shape index (κ2) is 7.38. The van der Waals surface area contributed by atoms with E-state index in [2.05, 4.69) is 30.0 Å². The Morgan fingerprint density at radius 1 is 1.28 bits per heavy atom. The molecule has 25 heavy (non-hydrogen) atoms. The van der Waals surface area contributed by atoms with Crippen LogP contribution in [0.5, 0.6) is 11.5 Å². The summed E-state index contributed by atoms with van der Waals surface area (Å²) in [5, 5.41) is 4.45. The largest absolute Gasteiger partial charge is 0.486 e. The summed E-state index contributed by atoms with van der Waals surface area (Å²) in [6, 6.07) is 5.64. The maximum Gasteiger partial charge on any atom is 0.225 e. The minimum absolute atomic E-state index is 0.0210. The summed E-state index contributed by atoms with van der Waals surface area (Å²) in [6.45, 7) is 5.19. The van der Waals surface area contributed by atoms with Crippen LogP contribution in [0.2, 0.25) is 0 Å². The van der Waals surface area contributed by atoms with Crippen LogP contribution in [0, 0.1) is 0 Å². The van der Waals surface area contributed by atoms with Gasteiger partial charge in [-0.2, -0.15) is 5.10 Å². The van der Waals surface area contributed by atoms with E-state index in [9.17, 15) is 4.79 Å². The van der Waals surface area contributed by atoms with Gasteiger partial charge in [-0.05, 0) is 32.4 Å².